The van der Waals surface area contributed by atoms with E-state index < -0.39 is 12.1 Å². The first kappa shape index (κ1) is 17.0. The Balaban J connectivity index is 1.94. The fourth-order valence-corrected chi connectivity index (χ4v) is 2.72. The maximum Gasteiger partial charge on any atom is 0.340 e. The van der Waals surface area contributed by atoms with Crippen molar-refractivity contribution in [3.63, 3.8) is 0 Å². The highest BCUT2D eigenvalue weighted by Crippen LogP contribution is 2.25. The summed E-state index contributed by atoms with van der Waals surface area (Å²) in [4.78, 5) is 26.0. The normalized spacial score (nSPS) is 11.6. The molecule has 3 aromatic carbocycles. The number of ketones is 1. The van der Waals surface area contributed by atoms with Crippen molar-refractivity contribution in [1.82, 2.24) is 0 Å². The van der Waals surface area contributed by atoms with E-state index in [2.05, 4.69) is 12.6 Å². The van der Waals surface area contributed by atoms with Gasteiger partial charge in [0.1, 0.15) is 0 Å². The molecule has 4 heteroatoms. The minimum atomic E-state index is -1.01. The first-order chi connectivity index (χ1) is 12.2. The standard InChI is InChI=1S/C21H16O3S/c22-19(15-9-3-1-4-10-15)20(16-11-5-2-6-12-16)24-21(23)17-13-7-8-14-18(17)25/h1-14,20,25H/t20-/m1/s1. The highest BCUT2D eigenvalue weighted by atomic mass is 32.1. The maximum absolute atomic E-state index is 12.9. The third-order valence-electron chi connectivity index (χ3n) is 3.75. The summed E-state index contributed by atoms with van der Waals surface area (Å²) >= 11 is 4.28. The Bertz CT molecular complexity index is 876. The monoisotopic (exact) mass is 348 g/mol. The van der Waals surface area contributed by atoms with Crippen LogP contribution in [-0.2, 0) is 4.74 Å². The number of rotatable bonds is 5. The number of hydrogen-bond acceptors (Lipinski definition) is 4. The molecule has 0 saturated heterocycles. The zero-order chi connectivity index (χ0) is 17.6. The number of ether oxygens (including phenoxy) is 1. The number of benzene rings is 3. The Morgan fingerprint density at radius 1 is 0.760 bits per heavy atom. The predicted molar refractivity (Wildman–Crippen MR) is 99.1 cm³/mol. The Hall–Kier alpha value is -2.85. The van der Waals surface area contributed by atoms with Crippen molar-refractivity contribution in [3.8, 4) is 0 Å². The summed E-state index contributed by atoms with van der Waals surface area (Å²) in [6, 6.07) is 24.6. The van der Waals surface area contributed by atoms with Crippen LogP contribution in [0.15, 0.2) is 89.8 Å². The minimum Gasteiger partial charge on any atom is -0.445 e. The number of carbonyl (C=O) groups is 2. The van der Waals surface area contributed by atoms with E-state index in [1.165, 1.54) is 0 Å². The number of Topliss-reactive ketones (excluding diaryl/α,β-unsaturated/α-hetero) is 1. The second-order valence-corrected chi connectivity index (χ2v) is 5.93. The van der Waals surface area contributed by atoms with Crippen LogP contribution < -0.4 is 0 Å². The molecule has 0 radical (unpaired) electrons. The van der Waals surface area contributed by atoms with Crippen LogP contribution in [0.3, 0.4) is 0 Å². The molecule has 3 nitrogen and oxygen atoms in total. The fraction of sp³-hybridized carbons (Fsp3) is 0.0476. The molecule has 25 heavy (non-hydrogen) atoms. The molecule has 0 aliphatic rings. The lowest BCUT2D eigenvalue weighted by molar-refractivity contribution is 0.0276. The quantitative estimate of drug-likeness (QED) is 0.411. The molecule has 3 aromatic rings. The van der Waals surface area contributed by atoms with E-state index in [0.717, 1.165) is 0 Å². The molecule has 124 valence electrons. The largest absolute Gasteiger partial charge is 0.445 e. The lowest BCUT2D eigenvalue weighted by Crippen LogP contribution is -2.20. The predicted octanol–water partition coefficient (Wildman–Crippen LogP) is 4.76. The average molecular weight is 348 g/mol. The van der Waals surface area contributed by atoms with Gasteiger partial charge >= 0.3 is 5.97 Å². The van der Waals surface area contributed by atoms with Gasteiger partial charge in [-0.1, -0.05) is 72.8 Å². The molecule has 0 aromatic heterocycles. The van der Waals surface area contributed by atoms with E-state index in [1.54, 1.807) is 72.8 Å². The van der Waals surface area contributed by atoms with Crippen LogP contribution in [0, 0.1) is 0 Å². The molecule has 0 fully saturated rings. The molecule has 1 atom stereocenters. The first-order valence-electron chi connectivity index (χ1n) is 7.80. The summed E-state index contributed by atoms with van der Waals surface area (Å²) in [6.07, 6.45) is -1.01. The number of hydrogen-bond donors (Lipinski definition) is 1. The van der Waals surface area contributed by atoms with Gasteiger partial charge in [-0.15, -0.1) is 12.6 Å². The molecule has 0 aliphatic carbocycles. The second-order valence-electron chi connectivity index (χ2n) is 5.44. The lowest BCUT2D eigenvalue weighted by Gasteiger charge is -2.18. The van der Waals surface area contributed by atoms with E-state index >= 15 is 0 Å². The summed E-state index contributed by atoms with van der Waals surface area (Å²) in [6.45, 7) is 0. The Labute approximate surface area is 151 Å². The van der Waals surface area contributed by atoms with Crippen LogP contribution in [-0.4, -0.2) is 11.8 Å². The molecule has 3 rings (SSSR count). The van der Waals surface area contributed by atoms with E-state index in [9.17, 15) is 9.59 Å². The zero-order valence-corrected chi connectivity index (χ0v) is 14.2. The highest BCUT2D eigenvalue weighted by molar-refractivity contribution is 7.80. The summed E-state index contributed by atoms with van der Waals surface area (Å²) in [7, 11) is 0. The molecule has 0 amide bonds. The number of thiol groups is 1. The fourth-order valence-electron chi connectivity index (χ4n) is 2.47. The van der Waals surface area contributed by atoms with Crippen LogP contribution in [0.1, 0.15) is 32.4 Å². The first-order valence-corrected chi connectivity index (χ1v) is 8.24. The minimum absolute atomic E-state index is 0.267. The van der Waals surface area contributed by atoms with Crippen molar-refractivity contribution in [2.45, 2.75) is 11.0 Å². The van der Waals surface area contributed by atoms with Crippen LogP contribution in [0.25, 0.3) is 0 Å². The summed E-state index contributed by atoms with van der Waals surface area (Å²) in [5.41, 5.74) is 1.44. The average Bonchev–Trinajstić information content (AvgIpc) is 2.67. The van der Waals surface area contributed by atoms with E-state index in [-0.39, 0.29) is 5.78 Å². The zero-order valence-electron chi connectivity index (χ0n) is 13.3. The van der Waals surface area contributed by atoms with Gasteiger partial charge < -0.3 is 4.74 Å². The van der Waals surface area contributed by atoms with Gasteiger partial charge in [0.2, 0.25) is 5.78 Å². The Morgan fingerprint density at radius 2 is 1.32 bits per heavy atom. The molecule has 0 bridgehead atoms. The van der Waals surface area contributed by atoms with E-state index in [0.29, 0.717) is 21.6 Å². The van der Waals surface area contributed by atoms with Crippen LogP contribution in [0.5, 0.6) is 0 Å². The molecule has 0 aliphatic heterocycles. The van der Waals surface area contributed by atoms with Gasteiger partial charge in [-0.2, -0.15) is 0 Å². The third-order valence-corrected chi connectivity index (χ3v) is 4.14. The lowest BCUT2D eigenvalue weighted by atomic mass is 10.00. The van der Waals surface area contributed by atoms with Crippen molar-refractivity contribution in [1.29, 1.82) is 0 Å². The molecule has 0 unspecified atom stereocenters. The Kier molecular flexibility index (Phi) is 5.31. The summed E-state index contributed by atoms with van der Waals surface area (Å²) in [5.74, 6) is -0.847. The molecule has 0 spiro atoms. The van der Waals surface area contributed by atoms with E-state index in [4.69, 9.17) is 4.74 Å². The van der Waals surface area contributed by atoms with Crippen molar-refractivity contribution < 1.29 is 14.3 Å². The van der Waals surface area contributed by atoms with Crippen LogP contribution >= 0.6 is 12.6 Å². The second kappa shape index (κ2) is 7.81. The maximum atomic E-state index is 12.9. The van der Waals surface area contributed by atoms with Crippen LogP contribution in [0.2, 0.25) is 0 Å². The van der Waals surface area contributed by atoms with Crippen LogP contribution in [0.4, 0.5) is 0 Å². The topological polar surface area (TPSA) is 43.4 Å². The van der Waals surface area contributed by atoms with Crippen molar-refractivity contribution >= 4 is 24.4 Å². The van der Waals surface area contributed by atoms with Gasteiger partial charge in [-0.3, -0.25) is 4.79 Å². The summed E-state index contributed by atoms with van der Waals surface area (Å²) in [5, 5.41) is 0. The molecular weight excluding hydrogens is 332 g/mol. The van der Waals surface area contributed by atoms with Gasteiger partial charge in [-0.05, 0) is 12.1 Å². The molecule has 0 heterocycles. The van der Waals surface area contributed by atoms with Gasteiger partial charge in [0, 0.05) is 16.0 Å². The molecular formula is C21H16O3S. The number of esters is 1. The van der Waals surface area contributed by atoms with Crippen molar-refractivity contribution in [2.75, 3.05) is 0 Å². The van der Waals surface area contributed by atoms with Gasteiger partial charge in [0.05, 0.1) is 5.56 Å². The number of carbonyl (C=O) groups excluding carboxylic acids is 2. The SMILES string of the molecule is O=C(O[C@@H](C(=O)c1ccccc1)c1ccccc1)c1ccccc1S. The van der Waals surface area contributed by atoms with Crippen molar-refractivity contribution in [3.05, 3.63) is 102 Å². The molecule has 0 saturated carbocycles. The third kappa shape index (κ3) is 3.98. The van der Waals surface area contributed by atoms with Crippen molar-refractivity contribution in [2.24, 2.45) is 0 Å². The van der Waals surface area contributed by atoms with Gasteiger partial charge in [0.15, 0.2) is 6.10 Å². The smallest absolute Gasteiger partial charge is 0.340 e. The highest BCUT2D eigenvalue weighted by Gasteiger charge is 2.27. The van der Waals surface area contributed by atoms with Gasteiger partial charge in [-0.25, -0.2) is 4.79 Å². The molecule has 0 N–H and O–H groups in total. The summed E-state index contributed by atoms with van der Waals surface area (Å²) < 4.78 is 5.58. The van der Waals surface area contributed by atoms with E-state index in [1.807, 2.05) is 12.1 Å². The van der Waals surface area contributed by atoms with Gasteiger partial charge in [0.25, 0.3) is 0 Å². The Morgan fingerprint density at radius 3 is 1.96 bits per heavy atom.